The Morgan fingerprint density at radius 1 is 1.06 bits per heavy atom. The van der Waals surface area contributed by atoms with E-state index in [4.69, 9.17) is 0 Å². The number of aryl methyl sites for hydroxylation is 2. The molecule has 0 saturated carbocycles. The summed E-state index contributed by atoms with van der Waals surface area (Å²) in [6.07, 6.45) is -4.53. The van der Waals surface area contributed by atoms with Crippen LogP contribution in [0.4, 0.5) is 13.2 Å². The van der Waals surface area contributed by atoms with Gasteiger partial charge in [-0.25, -0.2) is 0 Å². The molecule has 1 aromatic heterocycles. The van der Waals surface area contributed by atoms with Gasteiger partial charge in [-0.2, -0.15) is 13.2 Å². The van der Waals surface area contributed by atoms with Crippen molar-refractivity contribution in [3.8, 4) is 0 Å². The molecule has 1 unspecified atom stereocenters. The summed E-state index contributed by atoms with van der Waals surface area (Å²) in [6, 6.07) is 12.7. The number of alkyl halides is 3. The van der Waals surface area contributed by atoms with Gasteiger partial charge < -0.3 is 10.0 Å². The van der Waals surface area contributed by atoms with E-state index >= 15 is 0 Å². The number of carbonyl (C=O) groups excluding carboxylic acids is 2. The molecule has 4 nitrogen and oxygen atoms in total. The van der Waals surface area contributed by atoms with E-state index in [1.165, 1.54) is 28.4 Å². The highest BCUT2D eigenvalue weighted by Gasteiger charge is 2.46. The summed E-state index contributed by atoms with van der Waals surface area (Å²) in [4.78, 5) is 27.9. The maximum absolute atomic E-state index is 13.2. The van der Waals surface area contributed by atoms with Crippen LogP contribution in [0.1, 0.15) is 38.7 Å². The number of hydrogen-bond donors (Lipinski definition) is 1. The molecule has 3 aromatic rings. The highest BCUT2D eigenvalue weighted by molar-refractivity contribution is 7.10. The summed E-state index contributed by atoms with van der Waals surface area (Å²) in [5, 5.41) is 12.9. The maximum atomic E-state index is 13.2. The van der Waals surface area contributed by atoms with Gasteiger partial charge in [0.25, 0.3) is 11.7 Å². The third-order valence-electron chi connectivity index (χ3n) is 5.61. The number of nitrogens with zero attached hydrogens (tertiary/aromatic N) is 1. The molecular weight excluding hydrogens is 451 g/mol. The number of amides is 1. The first-order valence-electron chi connectivity index (χ1n) is 10.1. The molecule has 1 atom stereocenters. The summed E-state index contributed by atoms with van der Waals surface area (Å²) in [7, 11) is 0. The molecule has 0 spiro atoms. The van der Waals surface area contributed by atoms with Crippen LogP contribution in [-0.4, -0.2) is 21.7 Å². The number of benzene rings is 2. The maximum Gasteiger partial charge on any atom is 0.416 e. The van der Waals surface area contributed by atoms with Crippen molar-refractivity contribution in [2.24, 2.45) is 0 Å². The average Bonchev–Trinajstić information content (AvgIpc) is 3.37. The summed E-state index contributed by atoms with van der Waals surface area (Å²) in [5.74, 6) is -2.02. The van der Waals surface area contributed by atoms with Crippen LogP contribution in [0.5, 0.6) is 0 Å². The zero-order chi connectivity index (χ0) is 23.9. The standard InChI is InChI=1S/C25H20F3NO3S/c1-14-8-9-15(2)18(11-14)22(30)20-21(19-7-4-10-33-19)29(24(32)23(20)31)13-16-5-3-6-17(12-16)25(26,27)28/h3-12,21,30H,13H2,1-2H3/b22-20-. The molecule has 0 radical (unpaired) electrons. The Morgan fingerprint density at radius 3 is 2.48 bits per heavy atom. The van der Waals surface area contributed by atoms with Gasteiger partial charge in [0.2, 0.25) is 0 Å². The molecule has 1 fully saturated rings. The fraction of sp³-hybridized carbons (Fsp3) is 0.200. The smallest absolute Gasteiger partial charge is 0.416 e. The Kier molecular flexibility index (Phi) is 5.88. The highest BCUT2D eigenvalue weighted by atomic mass is 32.1. The number of hydrogen-bond acceptors (Lipinski definition) is 4. The van der Waals surface area contributed by atoms with Crippen molar-refractivity contribution in [3.63, 3.8) is 0 Å². The number of likely N-dealkylation sites (tertiary alicyclic amines) is 1. The lowest BCUT2D eigenvalue weighted by Crippen LogP contribution is -2.29. The van der Waals surface area contributed by atoms with Crippen molar-refractivity contribution in [1.82, 2.24) is 4.90 Å². The number of carbonyl (C=O) groups is 2. The summed E-state index contributed by atoms with van der Waals surface area (Å²) < 4.78 is 39.5. The highest BCUT2D eigenvalue weighted by Crippen LogP contribution is 2.42. The minimum Gasteiger partial charge on any atom is -0.507 e. The monoisotopic (exact) mass is 471 g/mol. The SMILES string of the molecule is Cc1ccc(C)c(/C(O)=C2/C(=O)C(=O)N(Cc3cccc(C(F)(F)F)c3)C2c2cccs2)c1. The van der Waals surface area contributed by atoms with Crippen molar-refractivity contribution >= 4 is 28.8 Å². The Bertz CT molecular complexity index is 1260. The van der Waals surface area contributed by atoms with E-state index in [0.29, 0.717) is 10.4 Å². The Morgan fingerprint density at radius 2 is 1.82 bits per heavy atom. The van der Waals surface area contributed by atoms with E-state index in [1.807, 2.05) is 19.1 Å². The predicted octanol–water partition coefficient (Wildman–Crippen LogP) is 6.01. The Hall–Kier alpha value is -3.39. The zero-order valence-corrected chi connectivity index (χ0v) is 18.6. The van der Waals surface area contributed by atoms with Crippen LogP contribution in [0.25, 0.3) is 5.76 Å². The molecule has 0 aliphatic carbocycles. The van der Waals surface area contributed by atoms with E-state index < -0.39 is 29.5 Å². The molecular formula is C25H20F3NO3S. The van der Waals surface area contributed by atoms with Crippen LogP contribution in [0.15, 0.2) is 65.6 Å². The van der Waals surface area contributed by atoms with Gasteiger partial charge >= 0.3 is 6.18 Å². The van der Waals surface area contributed by atoms with Gasteiger partial charge in [-0.15, -0.1) is 11.3 Å². The first kappa shape index (κ1) is 22.8. The van der Waals surface area contributed by atoms with Crippen molar-refractivity contribution in [2.75, 3.05) is 0 Å². The fourth-order valence-electron chi connectivity index (χ4n) is 3.96. The average molecular weight is 472 g/mol. The number of aliphatic hydroxyl groups excluding tert-OH is 1. The first-order valence-corrected chi connectivity index (χ1v) is 11.0. The van der Waals surface area contributed by atoms with E-state index in [2.05, 4.69) is 0 Å². The fourth-order valence-corrected chi connectivity index (χ4v) is 4.81. The largest absolute Gasteiger partial charge is 0.507 e. The van der Waals surface area contributed by atoms with Crippen molar-refractivity contribution < 1.29 is 27.9 Å². The minimum absolute atomic E-state index is 0.0666. The van der Waals surface area contributed by atoms with E-state index in [9.17, 15) is 27.9 Å². The van der Waals surface area contributed by atoms with Gasteiger partial charge in [-0.3, -0.25) is 9.59 Å². The summed E-state index contributed by atoms with van der Waals surface area (Å²) in [6.45, 7) is 3.42. The Balaban J connectivity index is 1.83. The van der Waals surface area contributed by atoms with E-state index in [0.717, 1.165) is 23.3 Å². The van der Waals surface area contributed by atoms with Gasteiger partial charge in [-0.05, 0) is 54.6 Å². The number of rotatable bonds is 4. The van der Waals surface area contributed by atoms with E-state index in [1.54, 1.807) is 30.5 Å². The Labute approximate surface area is 192 Å². The van der Waals surface area contributed by atoms with Gasteiger partial charge in [0.05, 0.1) is 17.2 Å². The molecule has 170 valence electrons. The second kappa shape index (κ2) is 8.51. The lowest BCUT2D eigenvalue weighted by atomic mass is 9.96. The molecule has 8 heteroatoms. The van der Waals surface area contributed by atoms with Crippen molar-refractivity contribution in [2.45, 2.75) is 32.6 Å². The van der Waals surface area contributed by atoms with E-state index in [-0.39, 0.29) is 23.4 Å². The number of ketones is 1. The quantitative estimate of drug-likeness (QED) is 0.288. The summed E-state index contributed by atoms with van der Waals surface area (Å²) in [5.41, 5.74) is 1.37. The molecule has 33 heavy (non-hydrogen) atoms. The second-order valence-electron chi connectivity index (χ2n) is 7.96. The molecule has 1 amide bonds. The van der Waals surface area contributed by atoms with Crippen LogP contribution in [0, 0.1) is 13.8 Å². The molecule has 0 bridgehead atoms. The van der Waals surface area contributed by atoms with Gasteiger partial charge in [0, 0.05) is 17.0 Å². The normalized spacial score (nSPS) is 18.2. The van der Waals surface area contributed by atoms with Crippen LogP contribution in [0.2, 0.25) is 0 Å². The predicted molar refractivity (Wildman–Crippen MR) is 120 cm³/mol. The van der Waals surface area contributed by atoms with Gasteiger partial charge in [0.1, 0.15) is 5.76 Å². The number of halogens is 3. The van der Waals surface area contributed by atoms with Gasteiger partial charge in [-0.1, -0.05) is 35.9 Å². The lowest BCUT2D eigenvalue weighted by molar-refractivity contribution is -0.140. The first-order chi connectivity index (χ1) is 15.6. The molecule has 1 aliphatic rings. The third-order valence-corrected chi connectivity index (χ3v) is 6.53. The molecule has 2 aromatic carbocycles. The lowest BCUT2D eigenvalue weighted by Gasteiger charge is -2.24. The zero-order valence-electron chi connectivity index (χ0n) is 17.8. The number of thiophene rings is 1. The van der Waals surface area contributed by atoms with Crippen LogP contribution in [-0.2, 0) is 22.3 Å². The number of Topliss-reactive ketones (excluding diaryl/α,β-unsaturated/α-hetero) is 1. The van der Waals surface area contributed by atoms with Crippen molar-refractivity contribution in [1.29, 1.82) is 0 Å². The molecule has 2 heterocycles. The molecule has 1 aliphatic heterocycles. The van der Waals surface area contributed by atoms with Crippen LogP contribution >= 0.6 is 11.3 Å². The molecule has 4 rings (SSSR count). The van der Waals surface area contributed by atoms with Crippen molar-refractivity contribution in [3.05, 3.63) is 98.2 Å². The topological polar surface area (TPSA) is 57.6 Å². The summed E-state index contributed by atoms with van der Waals surface area (Å²) >= 11 is 1.30. The van der Waals surface area contributed by atoms with Gasteiger partial charge in [0.15, 0.2) is 0 Å². The number of aliphatic hydroxyl groups is 1. The second-order valence-corrected chi connectivity index (χ2v) is 8.94. The molecule has 1 saturated heterocycles. The molecule has 1 N–H and O–H groups in total. The third kappa shape index (κ3) is 4.30. The minimum atomic E-state index is -4.53. The van der Waals surface area contributed by atoms with Crippen LogP contribution in [0.3, 0.4) is 0 Å². The van der Waals surface area contributed by atoms with Crippen LogP contribution < -0.4 is 0 Å².